The highest BCUT2D eigenvalue weighted by atomic mass is 16.1. The van der Waals surface area contributed by atoms with Crippen molar-refractivity contribution in [3.8, 4) is 11.1 Å². The van der Waals surface area contributed by atoms with Crippen LogP contribution in [0, 0.1) is 5.41 Å². The number of pyridine rings is 1. The number of benzene rings is 2. The number of hydrogen-bond acceptors (Lipinski definition) is 4. The first-order valence-electron chi connectivity index (χ1n) is 8.34. The maximum atomic E-state index is 12.8. The van der Waals surface area contributed by atoms with Crippen LogP contribution < -0.4 is 11.5 Å². The molecule has 0 saturated carbocycles. The van der Waals surface area contributed by atoms with Crippen LogP contribution in [-0.4, -0.2) is 10.8 Å². The summed E-state index contributed by atoms with van der Waals surface area (Å²) in [5.41, 5.74) is 15.6. The molecule has 0 fully saturated rings. The fourth-order valence-electron chi connectivity index (χ4n) is 2.94. The summed E-state index contributed by atoms with van der Waals surface area (Å²) in [7, 11) is 0. The van der Waals surface area contributed by atoms with Crippen molar-refractivity contribution in [1.29, 1.82) is 0 Å². The third kappa shape index (κ3) is 3.26. The number of aromatic nitrogens is 1. The number of Topliss-reactive ketones (excluding diaryl/α,β-unsaturated/α-hetero) is 1. The maximum absolute atomic E-state index is 12.8. The van der Waals surface area contributed by atoms with Crippen LogP contribution in [0.4, 0.5) is 5.82 Å². The average molecular weight is 333 g/mol. The number of ketones is 1. The van der Waals surface area contributed by atoms with Crippen molar-refractivity contribution in [2.45, 2.75) is 27.3 Å². The predicted molar refractivity (Wildman–Crippen MR) is 103 cm³/mol. The second-order valence-electron chi connectivity index (χ2n) is 7.28. The minimum atomic E-state index is -0.486. The van der Waals surface area contributed by atoms with Crippen molar-refractivity contribution in [1.82, 2.24) is 4.98 Å². The first-order chi connectivity index (χ1) is 11.8. The number of nitrogen functional groups attached to an aromatic ring is 1. The number of anilines is 1. The summed E-state index contributed by atoms with van der Waals surface area (Å²) >= 11 is 0. The highest BCUT2D eigenvalue weighted by Gasteiger charge is 2.25. The Morgan fingerprint density at radius 1 is 1.08 bits per heavy atom. The quantitative estimate of drug-likeness (QED) is 0.705. The molecule has 0 atom stereocenters. The fourth-order valence-corrected chi connectivity index (χ4v) is 2.94. The molecule has 0 aliphatic rings. The van der Waals surface area contributed by atoms with Crippen molar-refractivity contribution >= 4 is 22.5 Å². The number of carbonyl (C=O) groups is 1. The van der Waals surface area contributed by atoms with Crippen LogP contribution >= 0.6 is 0 Å². The van der Waals surface area contributed by atoms with Gasteiger partial charge in [0.05, 0.1) is 5.52 Å². The lowest BCUT2D eigenvalue weighted by molar-refractivity contribution is 0.0860. The molecular formula is C21H23N3O. The van der Waals surface area contributed by atoms with E-state index < -0.39 is 5.41 Å². The molecule has 0 saturated heterocycles. The van der Waals surface area contributed by atoms with Crippen LogP contribution in [0.1, 0.15) is 36.7 Å². The van der Waals surface area contributed by atoms with Gasteiger partial charge in [0.25, 0.3) is 0 Å². The van der Waals surface area contributed by atoms with Crippen LogP contribution in [0.25, 0.3) is 22.0 Å². The normalized spacial score (nSPS) is 11.7. The lowest BCUT2D eigenvalue weighted by Gasteiger charge is -2.19. The SMILES string of the molecule is CC(C)(C)C(=O)c1ccc(-c2cccc(CN)c2)c2ccc(N)nc12. The third-order valence-corrected chi connectivity index (χ3v) is 4.28. The zero-order valence-corrected chi connectivity index (χ0v) is 14.8. The molecule has 0 aliphatic carbocycles. The van der Waals surface area contributed by atoms with E-state index in [2.05, 4.69) is 11.1 Å². The number of carbonyl (C=O) groups excluding carboxylic acids is 1. The van der Waals surface area contributed by atoms with Crippen molar-refractivity contribution in [2.75, 3.05) is 5.73 Å². The van der Waals surface area contributed by atoms with E-state index in [0.717, 1.165) is 22.1 Å². The lowest BCUT2D eigenvalue weighted by atomic mass is 9.84. The largest absolute Gasteiger partial charge is 0.384 e. The number of nitrogens with zero attached hydrogens (tertiary/aromatic N) is 1. The molecule has 4 heteroatoms. The summed E-state index contributed by atoms with van der Waals surface area (Å²) in [6.07, 6.45) is 0. The number of nitrogens with two attached hydrogens (primary N) is 2. The Morgan fingerprint density at radius 2 is 1.84 bits per heavy atom. The molecule has 0 bridgehead atoms. The minimum absolute atomic E-state index is 0.0536. The highest BCUT2D eigenvalue weighted by molar-refractivity contribution is 6.12. The van der Waals surface area contributed by atoms with Gasteiger partial charge in [-0.15, -0.1) is 0 Å². The van der Waals surface area contributed by atoms with E-state index in [1.807, 2.05) is 57.2 Å². The van der Waals surface area contributed by atoms with Gasteiger partial charge in [-0.1, -0.05) is 45.0 Å². The standard InChI is InChI=1S/C21H23N3O/c1-21(2,3)20(25)17-8-7-15(14-6-4-5-13(11-14)12-22)16-9-10-18(23)24-19(16)17/h4-11H,12,22H2,1-3H3,(H2,23,24). The Morgan fingerprint density at radius 3 is 2.52 bits per heavy atom. The van der Waals surface area contributed by atoms with Crippen molar-refractivity contribution in [2.24, 2.45) is 11.1 Å². The molecule has 4 nitrogen and oxygen atoms in total. The molecule has 3 rings (SSSR count). The van der Waals surface area contributed by atoms with Crippen LogP contribution in [0.5, 0.6) is 0 Å². The molecule has 128 valence electrons. The van der Waals surface area contributed by atoms with Gasteiger partial charge in [0.2, 0.25) is 0 Å². The van der Waals surface area contributed by atoms with Gasteiger partial charge < -0.3 is 11.5 Å². The Hall–Kier alpha value is -2.72. The summed E-state index contributed by atoms with van der Waals surface area (Å²) in [6.45, 7) is 6.21. The third-order valence-electron chi connectivity index (χ3n) is 4.28. The van der Waals surface area contributed by atoms with Crippen LogP contribution in [0.15, 0.2) is 48.5 Å². The van der Waals surface area contributed by atoms with E-state index in [1.54, 1.807) is 6.07 Å². The van der Waals surface area contributed by atoms with Crippen LogP contribution in [0.3, 0.4) is 0 Å². The molecule has 1 heterocycles. The molecule has 0 radical (unpaired) electrons. The lowest BCUT2D eigenvalue weighted by Crippen LogP contribution is -2.20. The van der Waals surface area contributed by atoms with E-state index in [9.17, 15) is 4.79 Å². The Bertz CT molecular complexity index is 955. The van der Waals surface area contributed by atoms with Crippen molar-refractivity contribution in [3.05, 3.63) is 59.7 Å². The summed E-state index contributed by atoms with van der Waals surface area (Å²) < 4.78 is 0. The van der Waals surface area contributed by atoms with Gasteiger partial charge in [0.15, 0.2) is 5.78 Å². The number of hydrogen-bond donors (Lipinski definition) is 2. The molecule has 4 N–H and O–H groups in total. The molecule has 1 aromatic heterocycles. The Labute approximate surface area is 147 Å². The predicted octanol–water partition coefficient (Wildman–Crippen LogP) is 4.17. The van der Waals surface area contributed by atoms with Crippen molar-refractivity contribution in [3.63, 3.8) is 0 Å². The van der Waals surface area contributed by atoms with Crippen molar-refractivity contribution < 1.29 is 4.79 Å². The average Bonchev–Trinajstić information content (AvgIpc) is 2.59. The molecule has 0 spiro atoms. The zero-order valence-electron chi connectivity index (χ0n) is 14.8. The van der Waals surface area contributed by atoms with Gasteiger partial charge >= 0.3 is 0 Å². The molecule has 2 aromatic carbocycles. The molecule has 3 aromatic rings. The highest BCUT2D eigenvalue weighted by Crippen LogP contribution is 2.33. The molecule has 0 unspecified atom stereocenters. The van der Waals surface area contributed by atoms with Crippen LogP contribution in [0.2, 0.25) is 0 Å². The van der Waals surface area contributed by atoms with Gasteiger partial charge in [0, 0.05) is 22.9 Å². The van der Waals surface area contributed by atoms with E-state index in [1.165, 1.54) is 0 Å². The number of fused-ring (bicyclic) bond motifs is 1. The summed E-state index contributed by atoms with van der Waals surface area (Å²) in [5.74, 6) is 0.459. The van der Waals surface area contributed by atoms with E-state index in [-0.39, 0.29) is 5.78 Å². The van der Waals surface area contributed by atoms with Gasteiger partial charge in [-0.3, -0.25) is 4.79 Å². The monoisotopic (exact) mass is 333 g/mol. The summed E-state index contributed by atoms with van der Waals surface area (Å²) in [5, 5.41) is 0.915. The van der Waals surface area contributed by atoms with E-state index in [0.29, 0.717) is 23.4 Å². The van der Waals surface area contributed by atoms with Gasteiger partial charge in [-0.2, -0.15) is 0 Å². The fraction of sp³-hybridized carbons (Fsp3) is 0.238. The molecular weight excluding hydrogens is 310 g/mol. The zero-order chi connectivity index (χ0) is 18.2. The van der Waals surface area contributed by atoms with Gasteiger partial charge in [-0.05, 0) is 41.0 Å². The molecule has 0 amide bonds. The second kappa shape index (κ2) is 6.30. The minimum Gasteiger partial charge on any atom is -0.384 e. The Balaban J connectivity index is 2.28. The second-order valence-corrected chi connectivity index (χ2v) is 7.28. The van der Waals surface area contributed by atoms with E-state index >= 15 is 0 Å². The number of rotatable bonds is 3. The summed E-state index contributed by atoms with van der Waals surface area (Å²) in [6, 6.07) is 15.6. The Kier molecular flexibility index (Phi) is 4.31. The maximum Gasteiger partial charge on any atom is 0.170 e. The van der Waals surface area contributed by atoms with Gasteiger partial charge in [0.1, 0.15) is 5.82 Å². The van der Waals surface area contributed by atoms with Crippen LogP contribution in [-0.2, 0) is 6.54 Å². The van der Waals surface area contributed by atoms with E-state index in [4.69, 9.17) is 11.5 Å². The first kappa shape index (κ1) is 17.1. The first-order valence-corrected chi connectivity index (χ1v) is 8.34. The summed E-state index contributed by atoms with van der Waals surface area (Å²) in [4.78, 5) is 17.3. The topological polar surface area (TPSA) is 82.0 Å². The van der Waals surface area contributed by atoms with Gasteiger partial charge in [-0.25, -0.2) is 4.98 Å². The molecule has 25 heavy (non-hydrogen) atoms. The smallest absolute Gasteiger partial charge is 0.170 e. The molecule has 0 aliphatic heterocycles.